The van der Waals surface area contributed by atoms with Crippen LogP contribution in [0.2, 0.25) is 0 Å². The molecule has 2 fully saturated rings. The highest BCUT2D eigenvalue weighted by molar-refractivity contribution is 5.35. The molecule has 0 bridgehead atoms. The summed E-state index contributed by atoms with van der Waals surface area (Å²) in [5, 5.41) is 3.74. The molecule has 0 amide bonds. The zero-order valence-electron chi connectivity index (χ0n) is 11.5. The fourth-order valence-electron chi connectivity index (χ4n) is 3.41. The van der Waals surface area contributed by atoms with Crippen LogP contribution in [0.5, 0.6) is 0 Å². The highest BCUT2D eigenvalue weighted by Crippen LogP contribution is 2.44. The highest BCUT2D eigenvalue weighted by Gasteiger charge is 2.31. The molecule has 0 aromatic heterocycles. The van der Waals surface area contributed by atoms with Gasteiger partial charge in [0.05, 0.1) is 0 Å². The van der Waals surface area contributed by atoms with Gasteiger partial charge in [0.2, 0.25) is 0 Å². The third kappa shape index (κ3) is 2.21. The lowest BCUT2D eigenvalue weighted by Gasteiger charge is -2.38. The molecule has 1 aromatic carbocycles. The van der Waals surface area contributed by atoms with Crippen LogP contribution < -0.4 is 5.32 Å². The predicted molar refractivity (Wildman–Crippen MR) is 76.8 cm³/mol. The average molecular weight is 243 g/mol. The third-order valence-corrected chi connectivity index (χ3v) is 4.92. The van der Waals surface area contributed by atoms with E-state index in [1.807, 2.05) is 0 Å². The predicted octanol–water partition coefficient (Wildman–Crippen LogP) is 4.40. The van der Waals surface area contributed by atoms with Gasteiger partial charge in [0.15, 0.2) is 0 Å². The van der Waals surface area contributed by atoms with E-state index >= 15 is 0 Å². The van der Waals surface area contributed by atoms with Crippen LogP contribution in [0.1, 0.15) is 68.5 Å². The lowest BCUT2D eigenvalue weighted by molar-refractivity contribution is 0.231. The molecule has 1 nitrogen and oxygen atoms in total. The largest absolute Gasteiger partial charge is 0.310 e. The van der Waals surface area contributed by atoms with Gasteiger partial charge in [-0.3, -0.25) is 0 Å². The molecule has 0 heterocycles. The van der Waals surface area contributed by atoms with E-state index in [2.05, 4.69) is 36.5 Å². The van der Waals surface area contributed by atoms with Crippen molar-refractivity contribution in [2.45, 2.75) is 57.4 Å². The van der Waals surface area contributed by atoms with Crippen molar-refractivity contribution < 1.29 is 0 Å². The Balaban J connectivity index is 1.87. The van der Waals surface area contributed by atoms with Crippen molar-refractivity contribution in [1.29, 1.82) is 0 Å². The first-order chi connectivity index (χ1) is 8.90. The molecule has 0 spiro atoms. The van der Waals surface area contributed by atoms with Crippen molar-refractivity contribution >= 4 is 0 Å². The average Bonchev–Trinajstić information content (AvgIpc) is 2.25. The van der Waals surface area contributed by atoms with Gasteiger partial charge < -0.3 is 5.32 Å². The van der Waals surface area contributed by atoms with Gasteiger partial charge in [0, 0.05) is 6.04 Å². The number of nitrogens with one attached hydrogen (secondary N) is 1. The van der Waals surface area contributed by atoms with E-state index in [4.69, 9.17) is 0 Å². The van der Waals surface area contributed by atoms with E-state index < -0.39 is 0 Å². The summed E-state index contributed by atoms with van der Waals surface area (Å²) in [5.74, 6) is 1.73. The zero-order valence-corrected chi connectivity index (χ0v) is 11.5. The van der Waals surface area contributed by atoms with Crippen molar-refractivity contribution in [2.24, 2.45) is 5.92 Å². The molecular formula is C17H25N. The minimum absolute atomic E-state index is 0.612. The Labute approximate surface area is 111 Å². The lowest BCUT2D eigenvalue weighted by Crippen LogP contribution is -2.33. The Bertz CT molecular complexity index is 390. The maximum absolute atomic E-state index is 3.74. The van der Waals surface area contributed by atoms with E-state index in [0.717, 1.165) is 18.4 Å². The molecule has 2 aliphatic carbocycles. The fourth-order valence-corrected chi connectivity index (χ4v) is 3.41. The van der Waals surface area contributed by atoms with Gasteiger partial charge in [0.25, 0.3) is 0 Å². The number of rotatable bonds is 5. The molecule has 2 saturated carbocycles. The van der Waals surface area contributed by atoms with Crippen LogP contribution in [0.25, 0.3) is 0 Å². The summed E-state index contributed by atoms with van der Waals surface area (Å²) >= 11 is 0. The molecule has 1 aromatic rings. The molecule has 0 aliphatic heterocycles. The topological polar surface area (TPSA) is 12.0 Å². The lowest BCUT2D eigenvalue weighted by atomic mass is 9.72. The van der Waals surface area contributed by atoms with E-state index in [0.29, 0.717) is 6.04 Å². The Morgan fingerprint density at radius 3 is 2.39 bits per heavy atom. The van der Waals surface area contributed by atoms with Gasteiger partial charge in [-0.1, -0.05) is 44.0 Å². The van der Waals surface area contributed by atoms with E-state index in [-0.39, 0.29) is 0 Å². The van der Waals surface area contributed by atoms with E-state index in [9.17, 15) is 0 Å². The summed E-state index contributed by atoms with van der Waals surface area (Å²) in [6, 6.07) is 9.81. The first-order valence-electron chi connectivity index (χ1n) is 7.72. The van der Waals surface area contributed by atoms with Gasteiger partial charge in [-0.2, -0.15) is 0 Å². The summed E-state index contributed by atoms with van der Waals surface area (Å²) < 4.78 is 0. The summed E-state index contributed by atoms with van der Waals surface area (Å²) in [6.45, 7) is 3.32. The second-order valence-electron chi connectivity index (χ2n) is 5.98. The van der Waals surface area contributed by atoms with Crippen LogP contribution in [0.3, 0.4) is 0 Å². The normalized spacial score (nSPS) is 22.3. The first-order valence-corrected chi connectivity index (χ1v) is 7.72. The summed E-state index contributed by atoms with van der Waals surface area (Å²) in [7, 11) is 0. The summed E-state index contributed by atoms with van der Waals surface area (Å²) in [4.78, 5) is 0. The summed E-state index contributed by atoms with van der Waals surface area (Å²) in [5.41, 5.74) is 3.25. The maximum atomic E-state index is 3.74. The maximum Gasteiger partial charge on any atom is 0.0351 e. The summed E-state index contributed by atoms with van der Waals surface area (Å²) in [6.07, 6.45) is 8.49. The molecule has 1 N–H and O–H groups in total. The molecule has 98 valence electrons. The van der Waals surface area contributed by atoms with E-state index in [1.165, 1.54) is 38.5 Å². The molecule has 2 aliphatic rings. The Morgan fingerprint density at radius 1 is 1.11 bits per heavy atom. The Kier molecular flexibility index (Phi) is 3.69. The van der Waals surface area contributed by atoms with Crippen LogP contribution >= 0.6 is 0 Å². The highest BCUT2D eigenvalue weighted by atomic mass is 14.9. The first kappa shape index (κ1) is 12.2. The number of benzene rings is 1. The van der Waals surface area contributed by atoms with Gasteiger partial charge >= 0.3 is 0 Å². The van der Waals surface area contributed by atoms with Gasteiger partial charge in [-0.25, -0.2) is 0 Å². The zero-order chi connectivity index (χ0) is 12.4. The monoisotopic (exact) mass is 243 g/mol. The number of hydrogen-bond acceptors (Lipinski definition) is 1. The van der Waals surface area contributed by atoms with Gasteiger partial charge in [-0.05, 0) is 55.2 Å². The fraction of sp³-hybridized carbons (Fsp3) is 0.647. The standard InChI is InChI=1S/C17H25N/c1-2-18-17(14-9-6-10-14)16-12-4-3-11-15(16)13-7-5-8-13/h3-4,11-14,17-18H,2,5-10H2,1H3. The molecular weight excluding hydrogens is 218 g/mol. The molecule has 18 heavy (non-hydrogen) atoms. The minimum Gasteiger partial charge on any atom is -0.310 e. The quantitative estimate of drug-likeness (QED) is 0.808. The van der Waals surface area contributed by atoms with Gasteiger partial charge in [0.1, 0.15) is 0 Å². The number of hydrogen-bond donors (Lipinski definition) is 1. The van der Waals surface area contributed by atoms with Gasteiger partial charge in [-0.15, -0.1) is 0 Å². The van der Waals surface area contributed by atoms with Crippen LogP contribution in [0, 0.1) is 5.92 Å². The van der Waals surface area contributed by atoms with Crippen molar-refractivity contribution in [3.63, 3.8) is 0 Å². The Morgan fingerprint density at radius 2 is 1.83 bits per heavy atom. The molecule has 1 heteroatoms. The molecule has 1 atom stereocenters. The SMILES string of the molecule is CCNC(c1ccccc1C1CCC1)C1CCC1. The van der Waals surface area contributed by atoms with Crippen LogP contribution in [0.15, 0.2) is 24.3 Å². The molecule has 0 radical (unpaired) electrons. The van der Waals surface area contributed by atoms with Crippen LogP contribution in [-0.2, 0) is 0 Å². The van der Waals surface area contributed by atoms with Crippen molar-refractivity contribution in [3.8, 4) is 0 Å². The molecule has 1 unspecified atom stereocenters. The Hall–Kier alpha value is -0.820. The third-order valence-electron chi connectivity index (χ3n) is 4.92. The van der Waals surface area contributed by atoms with Crippen molar-refractivity contribution in [3.05, 3.63) is 35.4 Å². The molecule has 0 saturated heterocycles. The molecule has 3 rings (SSSR count). The van der Waals surface area contributed by atoms with E-state index in [1.54, 1.807) is 11.1 Å². The van der Waals surface area contributed by atoms with Crippen molar-refractivity contribution in [1.82, 2.24) is 5.32 Å². The smallest absolute Gasteiger partial charge is 0.0351 e. The van der Waals surface area contributed by atoms with Crippen LogP contribution in [0.4, 0.5) is 0 Å². The minimum atomic E-state index is 0.612. The van der Waals surface area contributed by atoms with Crippen LogP contribution in [-0.4, -0.2) is 6.54 Å². The second-order valence-corrected chi connectivity index (χ2v) is 5.98. The second kappa shape index (κ2) is 5.44. The van der Waals surface area contributed by atoms with Crippen molar-refractivity contribution in [2.75, 3.05) is 6.54 Å².